The molecular weight excluding hydrogens is 280 g/mol. The van der Waals surface area contributed by atoms with Gasteiger partial charge < -0.3 is 10.1 Å². The van der Waals surface area contributed by atoms with E-state index in [0.29, 0.717) is 11.8 Å². The number of nitrogens with one attached hydrogen (secondary N) is 1. The van der Waals surface area contributed by atoms with Gasteiger partial charge in [0.15, 0.2) is 0 Å². The SMILES string of the molecule is CCC1(C)C(NC)CC1Oc1ccc([N+](=O)[O-])c(Cl)c1. The van der Waals surface area contributed by atoms with Crippen LogP contribution in [0.2, 0.25) is 5.02 Å². The molecule has 1 aliphatic rings. The second-order valence-electron chi connectivity index (χ2n) is 5.41. The van der Waals surface area contributed by atoms with Crippen LogP contribution in [-0.4, -0.2) is 24.1 Å². The Kier molecular flexibility index (Phi) is 4.20. The molecule has 1 aliphatic carbocycles. The topological polar surface area (TPSA) is 64.4 Å². The van der Waals surface area contributed by atoms with E-state index in [9.17, 15) is 10.1 Å². The lowest BCUT2D eigenvalue weighted by atomic mass is 9.61. The fraction of sp³-hybridized carbons (Fsp3) is 0.571. The van der Waals surface area contributed by atoms with Gasteiger partial charge in [-0.05, 0) is 19.5 Å². The molecule has 0 amide bonds. The van der Waals surface area contributed by atoms with Crippen LogP contribution in [0, 0.1) is 15.5 Å². The van der Waals surface area contributed by atoms with Gasteiger partial charge in [-0.1, -0.05) is 25.4 Å². The van der Waals surface area contributed by atoms with E-state index in [2.05, 4.69) is 19.2 Å². The van der Waals surface area contributed by atoms with Crippen molar-refractivity contribution in [1.82, 2.24) is 5.32 Å². The highest BCUT2D eigenvalue weighted by Gasteiger charge is 2.51. The molecule has 0 bridgehead atoms. The second-order valence-corrected chi connectivity index (χ2v) is 5.82. The Morgan fingerprint density at radius 2 is 2.30 bits per heavy atom. The molecule has 0 aliphatic heterocycles. The Bertz CT molecular complexity index is 523. The molecule has 110 valence electrons. The maximum atomic E-state index is 10.7. The molecular formula is C14H19ClN2O3. The highest BCUT2D eigenvalue weighted by atomic mass is 35.5. The van der Waals surface area contributed by atoms with Crippen molar-refractivity contribution in [3.05, 3.63) is 33.3 Å². The Balaban J connectivity index is 2.12. The van der Waals surface area contributed by atoms with Gasteiger partial charge >= 0.3 is 0 Å². The van der Waals surface area contributed by atoms with Crippen molar-refractivity contribution in [2.45, 2.75) is 38.8 Å². The molecule has 3 unspecified atom stereocenters. The monoisotopic (exact) mass is 298 g/mol. The molecule has 1 fully saturated rings. The van der Waals surface area contributed by atoms with Gasteiger partial charge in [-0.2, -0.15) is 0 Å². The fourth-order valence-corrected chi connectivity index (χ4v) is 3.03. The molecule has 0 aromatic heterocycles. The first kappa shape index (κ1) is 15.1. The van der Waals surface area contributed by atoms with Gasteiger partial charge in [0.2, 0.25) is 0 Å². The van der Waals surface area contributed by atoms with Crippen LogP contribution >= 0.6 is 11.6 Å². The van der Waals surface area contributed by atoms with Crippen molar-refractivity contribution in [2.24, 2.45) is 5.41 Å². The number of halogens is 1. The van der Waals surface area contributed by atoms with Gasteiger partial charge in [-0.25, -0.2) is 0 Å². The third kappa shape index (κ3) is 2.47. The summed E-state index contributed by atoms with van der Waals surface area (Å²) in [6.07, 6.45) is 2.03. The van der Waals surface area contributed by atoms with Crippen LogP contribution in [0.15, 0.2) is 18.2 Å². The lowest BCUT2D eigenvalue weighted by Gasteiger charge is -2.53. The molecule has 1 aromatic rings. The maximum Gasteiger partial charge on any atom is 0.288 e. The number of nitrogens with zero attached hydrogens (tertiary/aromatic N) is 1. The third-order valence-electron chi connectivity index (χ3n) is 4.49. The van der Waals surface area contributed by atoms with Crippen LogP contribution in [0.25, 0.3) is 0 Å². The molecule has 0 spiro atoms. The van der Waals surface area contributed by atoms with Gasteiger partial charge in [0.25, 0.3) is 5.69 Å². The summed E-state index contributed by atoms with van der Waals surface area (Å²) < 4.78 is 5.96. The number of benzene rings is 1. The Morgan fingerprint density at radius 3 is 2.80 bits per heavy atom. The molecule has 3 atom stereocenters. The minimum Gasteiger partial charge on any atom is -0.490 e. The average Bonchev–Trinajstić information content (AvgIpc) is 2.41. The van der Waals surface area contributed by atoms with Crippen LogP contribution in [-0.2, 0) is 0 Å². The van der Waals surface area contributed by atoms with Crippen LogP contribution in [0.5, 0.6) is 5.75 Å². The number of hydrogen-bond acceptors (Lipinski definition) is 4. The second kappa shape index (κ2) is 5.58. The maximum absolute atomic E-state index is 10.7. The van der Waals surface area contributed by atoms with Crippen LogP contribution in [0.4, 0.5) is 5.69 Å². The van der Waals surface area contributed by atoms with Crippen LogP contribution in [0.1, 0.15) is 26.7 Å². The van der Waals surface area contributed by atoms with E-state index in [-0.39, 0.29) is 22.2 Å². The van der Waals surface area contributed by atoms with Gasteiger partial charge in [0, 0.05) is 30.0 Å². The molecule has 0 saturated heterocycles. The molecule has 6 heteroatoms. The molecule has 1 saturated carbocycles. The molecule has 1 aromatic carbocycles. The van der Waals surface area contributed by atoms with Crippen LogP contribution < -0.4 is 10.1 Å². The van der Waals surface area contributed by atoms with E-state index >= 15 is 0 Å². The summed E-state index contributed by atoms with van der Waals surface area (Å²) in [7, 11) is 1.96. The molecule has 1 N–H and O–H groups in total. The van der Waals surface area contributed by atoms with E-state index in [1.165, 1.54) is 12.1 Å². The standard InChI is InChI=1S/C14H19ClN2O3/c1-4-14(2)12(16-3)8-13(14)20-9-5-6-11(17(18)19)10(15)7-9/h5-7,12-13,16H,4,8H2,1-3H3. The normalized spacial score (nSPS) is 28.8. The molecule has 0 radical (unpaired) electrons. The minimum atomic E-state index is -0.497. The Morgan fingerprint density at radius 1 is 1.60 bits per heavy atom. The number of hydrogen-bond donors (Lipinski definition) is 1. The van der Waals surface area contributed by atoms with E-state index in [4.69, 9.17) is 16.3 Å². The zero-order chi connectivity index (χ0) is 14.9. The molecule has 2 rings (SSSR count). The number of ether oxygens (including phenoxy) is 1. The molecule has 0 heterocycles. The first-order chi connectivity index (χ1) is 9.42. The zero-order valence-electron chi connectivity index (χ0n) is 11.9. The van der Waals surface area contributed by atoms with E-state index in [1.54, 1.807) is 6.07 Å². The molecule has 5 nitrogen and oxygen atoms in total. The third-order valence-corrected chi connectivity index (χ3v) is 4.79. The fourth-order valence-electron chi connectivity index (χ4n) is 2.79. The van der Waals surface area contributed by atoms with Gasteiger partial charge in [0.1, 0.15) is 16.9 Å². The summed E-state index contributed by atoms with van der Waals surface area (Å²) in [5.74, 6) is 0.583. The quantitative estimate of drug-likeness (QED) is 0.668. The lowest BCUT2D eigenvalue weighted by Crippen LogP contribution is -2.62. The van der Waals surface area contributed by atoms with Gasteiger partial charge in [-0.15, -0.1) is 0 Å². The van der Waals surface area contributed by atoms with Crippen molar-refractivity contribution in [3.63, 3.8) is 0 Å². The molecule has 20 heavy (non-hydrogen) atoms. The first-order valence-corrected chi connectivity index (χ1v) is 7.08. The highest BCUT2D eigenvalue weighted by Crippen LogP contribution is 2.46. The minimum absolute atomic E-state index is 0.0724. The Hall–Kier alpha value is -1.33. The van der Waals surface area contributed by atoms with Crippen LogP contribution in [0.3, 0.4) is 0 Å². The van der Waals surface area contributed by atoms with Crippen molar-refractivity contribution in [2.75, 3.05) is 7.05 Å². The average molecular weight is 299 g/mol. The van der Waals surface area contributed by atoms with Gasteiger partial charge in [0.05, 0.1) is 4.92 Å². The summed E-state index contributed by atoms with van der Waals surface area (Å²) in [5.41, 5.74) is -0.0257. The highest BCUT2D eigenvalue weighted by molar-refractivity contribution is 6.32. The van der Waals surface area contributed by atoms with E-state index in [0.717, 1.165) is 12.8 Å². The number of nitro benzene ring substituents is 1. The predicted molar refractivity (Wildman–Crippen MR) is 78.4 cm³/mol. The summed E-state index contributed by atoms with van der Waals surface area (Å²) >= 11 is 5.90. The van der Waals surface area contributed by atoms with Crippen molar-refractivity contribution in [3.8, 4) is 5.75 Å². The summed E-state index contributed by atoms with van der Waals surface area (Å²) in [4.78, 5) is 10.2. The van der Waals surface area contributed by atoms with Gasteiger partial charge in [-0.3, -0.25) is 10.1 Å². The first-order valence-electron chi connectivity index (χ1n) is 6.70. The van der Waals surface area contributed by atoms with Crippen molar-refractivity contribution < 1.29 is 9.66 Å². The largest absolute Gasteiger partial charge is 0.490 e. The smallest absolute Gasteiger partial charge is 0.288 e. The van der Waals surface area contributed by atoms with Crippen molar-refractivity contribution >= 4 is 17.3 Å². The zero-order valence-corrected chi connectivity index (χ0v) is 12.6. The van der Waals surface area contributed by atoms with Crippen molar-refractivity contribution in [1.29, 1.82) is 0 Å². The van der Waals surface area contributed by atoms with E-state index in [1.807, 2.05) is 7.05 Å². The number of nitro groups is 1. The predicted octanol–water partition coefficient (Wildman–Crippen LogP) is 3.40. The summed E-state index contributed by atoms with van der Waals surface area (Å²) in [6, 6.07) is 4.94. The summed E-state index contributed by atoms with van der Waals surface area (Å²) in [5, 5.41) is 14.1. The number of rotatable bonds is 5. The lowest BCUT2D eigenvalue weighted by molar-refractivity contribution is -0.384. The van der Waals surface area contributed by atoms with E-state index < -0.39 is 4.92 Å². The summed E-state index contributed by atoms with van der Waals surface area (Å²) in [6.45, 7) is 4.33. The Labute approximate surface area is 123 Å².